The van der Waals surface area contributed by atoms with Crippen LogP contribution in [-0.2, 0) is 0 Å². The second kappa shape index (κ2) is 3.67. The largest absolute Gasteiger partial charge is 0.164 e. The zero-order valence-corrected chi connectivity index (χ0v) is 3.44. The normalized spacial score (nSPS) is 7.40. The third kappa shape index (κ3) is 3.67. The lowest BCUT2D eigenvalue weighted by Crippen LogP contribution is -1.67. The van der Waals surface area contributed by atoms with Crippen LogP contribution >= 0.6 is 0 Å². The van der Waals surface area contributed by atoms with E-state index in [0.717, 1.165) is 12.8 Å². The zero-order chi connectivity index (χ0) is 4.12. The molecule has 0 unspecified atom stereocenters. The van der Waals surface area contributed by atoms with Crippen LogP contribution in [-0.4, -0.2) is 6.21 Å². The van der Waals surface area contributed by atoms with Gasteiger partial charge in [-0.25, -0.2) is 0 Å². The molecule has 0 bridgehead atoms. The van der Waals surface area contributed by atoms with E-state index in [1.807, 2.05) is 6.92 Å². The molecule has 0 N–H and O–H groups in total. The summed E-state index contributed by atoms with van der Waals surface area (Å²) in [6, 6.07) is 0. The Labute approximate surface area is 32.5 Å². The summed E-state index contributed by atoms with van der Waals surface area (Å²) in [5.41, 5.74) is 0. The summed E-state index contributed by atoms with van der Waals surface area (Å²) in [7, 11) is 0. The minimum Gasteiger partial charge on any atom is -0.164 e. The van der Waals surface area contributed by atoms with Crippen LogP contribution in [0.3, 0.4) is 0 Å². The van der Waals surface area contributed by atoms with Crippen molar-refractivity contribution in [3.05, 3.63) is 0 Å². The molecule has 0 aliphatic rings. The highest BCUT2D eigenvalue weighted by Crippen LogP contribution is 1.74. The fraction of sp³-hybridized carbons (Fsp3) is 0.750. The van der Waals surface area contributed by atoms with Gasteiger partial charge in [-0.1, -0.05) is 13.3 Å². The van der Waals surface area contributed by atoms with Gasteiger partial charge in [-0.3, -0.25) is 0 Å². The van der Waals surface area contributed by atoms with Crippen molar-refractivity contribution in [3.63, 3.8) is 0 Å². The molecule has 0 heterocycles. The van der Waals surface area contributed by atoms with Crippen molar-refractivity contribution < 1.29 is 0 Å². The average Bonchev–Trinajstić information content (AvgIpc) is 1.41. The molecule has 0 atom stereocenters. The van der Waals surface area contributed by atoms with E-state index in [4.69, 9.17) is 5.41 Å². The Balaban J connectivity index is 2.40. The highest BCUT2D eigenvalue weighted by molar-refractivity contribution is 5.53. The summed E-state index contributed by atoms with van der Waals surface area (Å²) in [6.07, 6.45) is 3.04. The van der Waals surface area contributed by atoms with E-state index in [9.17, 15) is 0 Å². The van der Waals surface area contributed by atoms with Gasteiger partial charge in [0.05, 0.1) is 0 Å². The molecular formula is C4H8N. The number of unbranched alkanes of at least 4 members (excludes halogenated alkanes) is 1. The molecule has 1 nitrogen and oxygen atoms in total. The molecular weight excluding hydrogens is 62.1 g/mol. The van der Waals surface area contributed by atoms with Crippen molar-refractivity contribution in [3.8, 4) is 0 Å². The first-order valence-electron chi connectivity index (χ1n) is 1.87. The second-order valence-electron chi connectivity index (χ2n) is 0.971. The minimum atomic E-state index is 0.819. The predicted molar refractivity (Wildman–Crippen MR) is 23.1 cm³/mol. The average molecular weight is 70.1 g/mol. The SMILES string of the molecule is CCCC=[N]. The molecule has 0 aliphatic carbocycles. The fourth-order valence-corrected chi connectivity index (χ4v) is 0.129. The topological polar surface area (TPSA) is 22.3 Å². The lowest BCUT2D eigenvalue weighted by molar-refractivity contribution is 1.01. The summed E-state index contributed by atoms with van der Waals surface area (Å²) in [5, 5.41) is 7.94. The van der Waals surface area contributed by atoms with Gasteiger partial charge in [-0.2, -0.15) is 5.41 Å². The van der Waals surface area contributed by atoms with Gasteiger partial charge >= 0.3 is 0 Å². The molecule has 29 valence electrons. The molecule has 1 heteroatoms. The number of hydrogen-bond donors (Lipinski definition) is 0. The Morgan fingerprint density at radius 3 is 2.40 bits per heavy atom. The molecule has 0 rings (SSSR count). The molecule has 0 fully saturated rings. The van der Waals surface area contributed by atoms with Crippen LogP contribution < -0.4 is 5.41 Å². The van der Waals surface area contributed by atoms with Crippen LogP contribution in [0.2, 0.25) is 0 Å². The molecule has 5 heavy (non-hydrogen) atoms. The minimum absolute atomic E-state index is 0.819. The maximum absolute atomic E-state index is 7.94. The van der Waals surface area contributed by atoms with E-state index in [1.54, 1.807) is 0 Å². The molecule has 1 radical (unpaired) electrons. The molecule has 0 aliphatic heterocycles. The third-order valence-corrected chi connectivity index (χ3v) is 0.418. The summed E-state index contributed by atoms with van der Waals surface area (Å²) in [5.74, 6) is 0. The lowest BCUT2D eigenvalue weighted by Gasteiger charge is -1.70. The van der Waals surface area contributed by atoms with Crippen molar-refractivity contribution in [2.45, 2.75) is 19.8 Å². The van der Waals surface area contributed by atoms with Gasteiger partial charge < -0.3 is 0 Å². The van der Waals surface area contributed by atoms with Gasteiger partial charge in [-0.05, 0) is 6.42 Å². The number of nitrogens with zero attached hydrogens (tertiary/aromatic N) is 1. The van der Waals surface area contributed by atoms with Crippen LogP contribution in [0.1, 0.15) is 19.8 Å². The highest BCUT2D eigenvalue weighted by atomic mass is 14.3. The van der Waals surface area contributed by atoms with E-state index >= 15 is 0 Å². The Morgan fingerprint density at radius 2 is 2.40 bits per heavy atom. The van der Waals surface area contributed by atoms with Gasteiger partial charge in [0.15, 0.2) is 0 Å². The summed E-state index contributed by atoms with van der Waals surface area (Å²) in [6.45, 7) is 2.02. The molecule has 0 aromatic rings. The van der Waals surface area contributed by atoms with Gasteiger partial charge in [-0.15, -0.1) is 0 Å². The van der Waals surface area contributed by atoms with E-state index < -0.39 is 0 Å². The van der Waals surface area contributed by atoms with Crippen molar-refractivity contribution in [2.24, 2.45) is 0 Å². The van der Waals surface area contributed by atoms with E-state index in [2.05, 4.69) is 0 Å². The maximum atomic E-state index is 7.94. The molecule has 0 aromatic carbocycles. The second-order valence-corrected chi connectivity index (χ2v) is 0.971. The fourth-order valence-electron chi connectivity index (χ4n) is 0.129. The molecule has 0 saturated heterocycles. The maximum Gasteiger partial charge on any atom is 0.0270 e. The van der Waals surface area contributed by atoms with Crippen LogP contribution in [0.15, 0.2) is 0 Å². The Hall–Kier alpha value is -0.330. The zero-order valence-electron chi connectivity index (χ0n) is 3.44. The van der Waals surface area contributed by atoms with E-state index in [1.165, 1.54) is 6.21 Å². The van der Waals surface area contributed by atoms with Crippen molar-refractivity contribution in [1.29, 1.82) is 0 Å². The lowest BCUT2D eigenvalue weighted by atomic mass is 10.4. The Bertz CT molecular complexity index is 24.8. The van der Waals surface area contributed by atoms with E-state index in [-0.39, 0.29) is 0 Å². The van der Waals surface area contributed by atoms with Crippen LogP contribution in [0.5, 0.6) is 0 Å². The monoisotopic (exact) mass is 70.1 g/mol. The highest BCUT2D eigenvalue weighted by Gasteiger charge is 1.64. The number of hydrogen-bond acceptors (Lipinski definition) is 0. The van der Waals surface area contributed by atoms with Crippen molar-refractivity contribution in [2.75, 3.05) is 0 Å². The summed E-state index contributed by atoms with van der Waals surface area (Å²) < 4.78 is 0. The first-order valence-corrected chi connectivity index (χ1v) is 1.87. The third-order valence-electron chi connectivity index (χ3n) is 0.418. The smallest absolute Gasteiger partial charge is 0.0270 e. The Morgan fingerprint density at radius 1 is 1.80 bits per heavy atom. The Kier molecular flexibility index (Phi) is 3.43. The van der Waals surface area contributed by atoms with E-state index in [0.29, 0.717) is 0 Å². The quantitative estimate of drug-likeness (QED) is 0.426. The molecule has 0 spiro atoms. The first kappa shape index (κ1) is 4.67. The van der Waals surface area contributed by atoms with Gasteiger partial charge in [0.2, 0.25) is 0 Å². The summed E-state index contributed by atoms with van der Waals surface area (Å²) >= 11 is 0. The van der Waals surface area contributed by atoms with Gasteiger partial charge in [0.25, 0.3) is 0 Å². The predicted octanol–water partition coefficient (Wildman–Crippen LogP) is 0.657. The standard InChI is InChI=1S/C4H8N/c1-2-3-4-5/h4H,2-3H2,1H3. The number of rotatable bonds is 2. The van der Waals surface area contributed by atoms with Crippen LogP contribution in [0.25, 0.3) is 0 Å². The van der Waals surface area contributed by atoms with Gasteiger partial charge in [0.1, 0.15) is 0 Å². The van der Waals surface area contributed by atoms with Crippen LogP contribution in [0, 0.1) is 0 Å². The van der Waals surface area contributed by atoms with Crippen molar-refractivity contribution in [1.82, 2.24) is 5.41 Å². The molecule has 0 aromatic heterocycles. The molecule has 0 amide bonds. The van der Waals surface area contributed by atoms with Crippen LogP contribution in [0.4, 0.5) is 0 Å². The van der Waals surface area contributed by atoms with Gasteiger partial charge in [0, 0.05) is 6.21 Å². The van der Waals surface area contributed by atoms with Crippen molar-refractivity contribution >= 4 is 6.21 Å². The summed E-state index contributed by atoms with van der Waals surface area (Å²) in [4.78, 5) is 0. The first-order chi connectivity index (χ1) is 2.41. The molecule has 0 saturated carbocycles.